The van der Waals surface area contributed by atoms with Gasteiger partial charge in [-0.1, -0.05) is 52.6 Å². The number of benzene rings is 2. The number of anilines is 1. The largest absolute Gasteiger partial charge is 0.378 e. The van der Waals surface area contributed by atoms with Crippen molar-refractivity contribution in [1.29, 1.82) is 0 Å². The molecule has 0 aliphatic carbocycles. The molecule has 6 nitrogen and oxygen atoms in total. The molecule has 3 aromatic rings. The average molecular weight is 460 g/mol. The van der Waals surface area contributed by atoms with Crippen LogP contribution in [0.4, 0.5) is 6.01 Å². The van der Waals surface area contributed by atoms with Gasteiger partial charge in [-0.2, -0.15) is 4.98 Å². The third-order valence-electron chi connectivity index (χ3n) is 5.26. The predicted molar refractivity (Wildman–Crippen MR) is 120 cm³/mol. The normalized spacial score (nSPS) is 15.1. The third-order valence-corrected chi connectivity index (χ3v) is 5.77. The van der Waals surface area contributed by atoms with Gasteiger partial charge in [0.1, 0.15) is 5.78 Å². The SMILES string of the molecule is O=C(Cc1ccc(Cl)cc1)C[C@@H](Cc1ccc(Cl)cc1)c1noc(N2CCOCC2)n1. The number of carbonyl (C=O) groups is 1. The van der Waals surface area contributed by atoms with Gasteiger partial charge in [-0.15, -0.1) is 0 Å². The van der Waals surface area contributed by atoms with Crippen molar-refractivity contribution in [1.82, 2.24) is 10.1 Å². The van der Waals surface area contributed by atoms with E-state index < -0.39 is 0 Å². The molecule has 31 heavy (non-hydrogen) atoms. The van der Waals surface area contributed by atoms with Gasteiger partial charge in [0.05, 0.1) is 13.2 Å². The first-order valence-electron chi connectivity index (χ1n) is 10.2. The zero-order valence-corrected chi connectivity index (χ0v) is 18.5. The quantitative estimate of drug-likeness (QED) is 0.484. The standard InChI is InChI=1S/C23H23Cl2N3O3/c24-19-5-1-16(2-6-19)13-18(15-21(29)14-17-3-7-20(25)8-4-17)22-26-23(31-27-22)28-9-11-30-12-10-28/h1-8,18H,9-15H2/t18-/m1/s1. The first kappa shape index (κ1) is 21.8. The van der Waals surface area contributed by atoms with Crippen molar-refractivity contribution in [2.75, 3.05) is 31.2 Å². The van der Waals surface area contributed by atoms with E-state index in [4.69, 9.17) is 32.5 Å². The highest BCUT2D eigenvalue weighted by Crippen LogP contribution is 2.26. The topological polar surface area (TPSA) is 68.5 Å². The van der Waals surface area contributed by atoms with Crippen LogP contribution in [0.3, 0.4) is 0 Å². The van der Waals surface area contributed by atoms with Gasteiger partial charge < -0.3 is 14.2 Å². The van der Waals surface area contributed by atoms with Crippen molar-refractivity contribution < 1.29 is 14.1 Å². The van der Waals surface area contributed by atoms with Gasteiger partial charge in [0, 0.05) is 41.9 Å². The maximum Gasteiger partial charge on any atom is 0.324 e. The van der Waals surface area contributed by atoms with E-state index in [0.717, 1.165) is 11.1 Å². The average Bonchev–Trinajstić information content (AvgIpc) is 3.27. The first-order valence-corrected chi connectivity index (χ1v) is 11.0. The number of nitrogens with zero attached hydrogens (tertiary/aromatic N) is 3. The van der Waals surface area contributed by atoms with Crippen LogP contribution in [0.1, 0.15) is 29.3 Å². The van der Waals surface area contributed by atoms with Gasteiger partial charge in [-0.05, 0) is 41.8 Å². The number of halogens is 2. The summed E-state index contributed by atoms with van der Waals surface area (Å²) in [4.78, 5) is 19.5. The summed E-state index contributed by atoms with van der Waals surface area (Å²) in [6.07, 6.45) is 1.27. The lowest BCUT2D eigenvalue weighted by Crippen LogP contribution is -2.36. The maximum absolute atomic E-state index is 12.9. The lowest BCUT2D eigenvalue weighted by Gasteiger charge is -2.24. The Balaban J connectivity index is 1.50. The highest BCUT2D eigenvalue weighted by molar-refractivity contribution is 6.30. The van der Waals surface area contributed by atoms with Gasteiger partial charge in [0.25, 0.3) is 0 Å². The molecule has 1 atom stereocenters. The van der Waals surface area contributed by atoms with Crippen molar-refractivity contribution >= 4 is 35.0 Å². The summed E-state index contributed by atoms with van der Waals surface area (Å²) in [5.41, 5.74) is 1.99. The number of Topliss-reactive ketones (excluding diaryl/α,β-unsaturated/α-hetero) is 1. The Morgan fingerprint density at radius 3 is 2.23 bits per heavy atom. The molecule has 2 aromatic carbocycles. The fourth-order valence-electron chi connectivity index (χ4n) is 3.61. The van der Waals surface area contributed by atoms with Gasteiger partial charge in [0.2, 0.25) is 0 Å². The molecule has 8 heteroatoms. The summed E-state index contributed by atoms with van der Waals surface area (Å²) in [6, 6.07) is 15.4. The van der Waals surface area contributed by atoms with Crippen molar-refractivity contribution in [2.45, 2.75) is 25.2 Å². The van der Waals surface area contributed by atoms with E-state index >= 15 is 0 Å². The van der Waals surface area contributed by atoms with E-state index in [1.165, 1.54) is 0 Å². The van der Waals surface area contributed by atoms with E-state index in [2.05, 4.69) is 10.1 Å². The summed E-state index contributed by atoms with van der Waals surface area (Å²) in [6.45, 7) is 2.68. The molecule has 0 radical (unpaired) electrons. The van der Waals surface area contributed by atoms with Crippen LogP contribution in [0.15, 0.2) is 53.1 Å². The molecule has 0 bridgehead atoms. The van der Waals surface area contributed by atoms with Crippen LogP contribution in [0.5, 0.6) is 0 Å². The van der Waals surface area contributed by atoms with Crippen LogP contribution < -0.4 is 4.90 Å². The number of rotatable bonds is 8. The molecule has 1 fully saturated rings. The molecule has 1 saturated heterocycles. The molecule has 2 heterocycles. The molecule has 1 aliphatic heterocycles. The number of carbonyl (C=O) groups excluding carboxylic acids is 1. The van der Waals surface area contributed by atoms with E-state index in [1.807, 2.05) is 41.3 Å². The number of hydrogen-bond acceptors (Lipinski definition) is 6. The molecule has 0 saturated carbocycles. The number of ketones is 1. The number of ether oxygens (including phenoxy) is 1. The number of aromatic nitrogens is 2. The van der Waals surface area contributed by atoms with Crippen molar-refractivity contribution in [3.05, 3.63) is 75.5 Å². The van der Waals surface area contributed by atoms with Gasteiger partial charge in [0.15, 0.2) is 5.82 Å². The zero-order valence-electron chi connectivity index (χ0n) is 17.0. The Morgan fingerprint density at radius 1 is 0.968 bits per heavy atom. The van der Waals surface area contributed by atoms with Crippen LogP contribution in [-0.4, -0.2) is 42.2 Å². The molecule has 0 amide bonds. The van der Waals surface area contributed by atoms with Crippen LogP contribution in [0.25, 0.3) is 0 Å². The summed E-state index contributed by atoms with van der Waals surface area (Å²) in [5.74, 6) is 0.458. The van der Waals surface area contributed by atoms with Gasteiger partial charge in [-0.25, -0.2) is 0 Å². The minimum Gasteiger partial charge on any atom is -0.378 e. The smallest absolute Gasteiger partial charge is 0.324 e. The lowest BCUT2D eigenvalue weighted by molar-refractivity contribution is -0.118. The first-order chi connectivity index (χ1) is 15.1. The number of hydrogen-bond donors (Lipinski definition) is 0. The van der Waals surface area contributed by atoms with Gasteiger partial charge >= 0.3 is 6.01 Å². The molecule has 0 N–H and O–H groups in total. The fraction of sp³-hybridized carbons (Fsp3) is 0.348. The third kappa shape index (κ3) is 6.06. The van der Waals surface area contributed by atoms with E-state index in [1.54, 1.807) is 12.1 Å². The highest BCUT2D eigenvalue weighted by Gasteiger charge is 2.25. The molecule has 4 rings (SSSR count). The van der Waals surface area contributed by atoms with Crippen LogP contribution in [0.2, 0.25) is 10.0 Å². The van der Waals surface area contributed by atoms with Gasteiger partial charge in [-0.3, -0.25) is 4.79 Å². The van der Waals surface area contributed by atoms with Crippen molar-refractivity contribution in [3.8, 4) is 0 Å². The minimum absolute atomic E-state index is 0.110. The summed E-state index contributed by atoms with van der Waals surface area (Å²) in [7, 11) is 0. The van der Waals surface area contributed by atoms with E-state index in [0.29, 0.717) is 67.5 Å². The van der Waals surface area contributed by atoms with Crippen LogP contribution in [-0.2, 0) is 22.4 Å². The maximum atomic E-state index is 12.9. The molecule has 0 spiro atoms. The Hall–Kier alpha value is -2.41. The van der Waals surface area contributed by atoms with Crippen molar-refractivity contribution in [2.24, 2.45) is 0 Å². The summed E-state index contributed by atoms with van der Waals surface area (Å²) < 4.78 is 10.9. The second kappa shape index (κ2) is 10.3. The van der Waals surface area contributed by atoms with E-state index in [9.17, 15) is 4.79 Å². The summed E-state index contributed by atoms with van der Waals surface area (Å²) >= 11 is 12.0. The fourth-order valence-corrected chi connectivity index (χ4v) is 3.86. The molecular weight excluding hydrogens is 437 g/mol. The number of morpholine rings is 1. The molecular formula is C23H23Cl2N3O3. The minimum atomic E-state index is -0.195. The molecule has 0 unspecified atom stereocenters. The van der Waals surface area contributed by atoms with Crippen molar-refractivity contribution in [3.63, 3.8) is 0 Å². The Morgan fingerprint density at radius 2 is 1.58 bits per heavy atom. The second-order valence-corrected chi connectivity index (χ2v) is 8.48. The van der Waals surface area contributed by atoms with Crippen LogP contribution in [0, 0.1) is 0 Å². The van der Waals surface area contributed by atoms with E-state index in [-0.39, 0.29) is 11.7 Å². The second-order valence-electron chi connectivity index (χ2n) is 7.61. The Labute approximate surface area is 191 Å². The zero-order chi connectivity index (χ0) is 21.6. The molecule has 1 aliphatic rings. The molecule has 1 aromatic heterocycles. The lowest BCUT2D eigenvalue weighted by atomic mass is 9.91. The Bertz CT molecular complexity index is 1000. The molecule has 162 valence electrons. The summed E-state index contributed by atoms with van der Waals surface area (Å²) in [5, 5.41) is 5.54. The van der Waals surface area contributed by atoms with Crippen LogP contribution >= 0.6 is 23.2 Å². The predicted octanol–water partition coefficient (Wildman–Crippen LogP) is 4.74. The highest BCUT2D eigenvalue weighted by atomic mass is 35.5. The monoisotopic (exact) mass is 459 g/mol. The Kier molecular flexibility index (Phi) is 7.22.